The van der Waals surface area contributed by atoms with Crippen LogP contribution in [0, 0.1) is 0 Å². The first kappa shape index (κ1) is 9.73. The van der Waals surface area contributed by atoms with E-state index in [1.807, 2.05) is 0 Å². The molecule has 2 rings (SSSR count). The van der Waals surface area contributed by atoms with Crippen LogP contribution in [-0.2, 0) is 0 Å². The summed E-state index contributed by atoms with van der Waals surface area (Å²) in [7, 11) is 0. The van der Waals surface area contributed by atoms with Crippen molar-refractivity contribution in [3.63, 3.8) is 0 Å². The lowest BCUT2D eigenvalue weighted by Crippen LogP contribution is -2.12. The Balaban J connectivity index is 3.05. The van der Waals surface area contributed by atoms with E-state index < -0.39 is 5.56 Å². The quantitative estimate of drug-likeness (QED) is 0.723. The molecule has 0 bridgehead atoms. The summed E-state index contributed by atoms with van der Waals surface area (Å²) in [4.78, 5) is 24.3. The number of hydrogen-bond donors (Lipinski definition) is 2. The van der Waals surface area contributed by atoms with E-state index in [1.54, 1.807) is 18.2 Å². The highest BCUT2D eigenvalue weighted by Crippen LogP contribution is 2.30. The highest BCUT2D eigenvalue weighted by Gasteiger charge is 2.12. The second kappa shape index (κ2) is 3.40. The summed E-state index contributed by atoms with van der Waals surface area (Å²) < 4.78 is 0. The molecule has 0 saturated heterocycles. The molecular formula is C10H6ClNO3. The molecule has 0 saturated carbocycles. The molecule has 0 amide bonds. The second-order valence-corrected chi connectivity index (χ2v) is 3.40. The van der Waals surface area contributed by atoms with Crippen molar-refractivity contribution in [1.82, 2.24) is 4.98 Å². The Labute approximate surface area is 89.1 Å². The minimum absolute atomic E-state index is 0.279. The molecule has 76 valence electrons. The maximum absolute atomic E-state index is 11.3. The van der Waals surface area contributed by atoms with E-state index in [0.717, 1.165) is 0 Å². The van der Waals surface area contributed by atoms with Crippen LogP contribution in [0.3, 0.4) is 0 Å². The molecule has 2 aromatic rings. The first-order valence-corrected chi connectivity index (χ1v) is 4.51. The van der Waals surface area contributed by atoms with Gasteiger partial charge in [0.1, 0.15) is 11.3 Å². The predicted octanol–water partition coefficient (Wildman–Crippen LogP) is 1.70. The highest BCUT2D eigenvalue weighted by atomic mass is 35.5. The minimum atomic E-state index is -0.628. The van der Waals surface area contributed by atoms with Crippen LogP contribution in [0.15, 0.2) is 23.0 Å². The third-order valence-corrected chi connectivity index (χ3v) is 2.43. The summed E-state index contributed by atoms with van der Waals surface area (Å²) in [6.45, 7) is 0. The molecule has 0 fully saturated rings. The topological polar surface area (TPSA) is 70.2 Å². The number of halogens is 1. The molecule has 4 nitrogen and oxygen atoms in total. The van der Waals surface area contributed by atoms with Crippen molar-refractivity contribution in [3.8, 4) is 5.75 Å². The van der Waals surface area contributed by atoms with Crippen LogP contribution < -0.4 is 5.56 Å². The fourth-order valence-electron chi connectivity index (χ4n) is 1.41. The van der Waals surface area contributed by atoms with E-state index >= 15 is 0 Å². The number of rotatable bonds is 1. The number of carbonyl (C=O) groups excluding carboxylic acids is 1. The van der Waals surface area contributed by atoms with Gasteiger partial charge in [-0.1, -0.05) is 17.7 Å². The van der Waals surface area contributed by atoms with Crippen LogP contribution >= 0.6 is 11.6 Å². The Morgan fingerprint density at radius 1 is 1.40 bits per heavy atom. The third kappa shape index (κ3) is 1.39. The SMILES string of the molecule is O=Cc1c(O)c2c(Cl)cccc2[nH]c1=O. The highest BCUT2D eigenvalue weighted by molar-refractivity contribution is 6.36. The van der Waals surface area contributed by atoms with Crippen LogP contribution in [0.25, 0.3) is 10.9 Å². The van der Waals surface area contributed by atoms with Gasteiger partial charge in [-0.3, -0.25) is 9.59 Å². The summed E-state index contributed by atoms with van der Waals surface area (Å²) in [6.07, 6.45) is 0.303. The van der Waals surface area contributed by atoms with Crippen LogP contribution in [0.4, 0.5) is 0 Å². The summed E-state index contributed by atoms with van der Waals surface area (Å²) >= 11 is 5.85. The Bertz CT molecular complexity index is 603. The lowest BCUT2D eigenvalue weighted by Gasteiger charge is -2.04. The first-order chi connectivity index (χ1) is 7.15. The van der Waals surface area contributed by atoms with E-state index in [-0.39, 0.29) is 21.7 Å². The smallest absolute Gasteiger partial charge is 0.262 e. The fourth-order valence-corrected chi connectivity index (χ4v) is 1.67. The molecule has 0 spiro atoms. The average Bonchev–Trinajstić information content (AvgIpc) is 2.17. The number of aromatic amines is 1. The van der Waals surface area contributed by atoms with E-state index in [2.05, 4.69) is 4.98 Å². The Hall–Kier alpha value is -1.81. The molecule has 0 atom stereocenters. The van der Waals surface area contributed by atoms with Crippen LogP contribution in [0.5, 0.6) is 5.75 Å². The van der Waals surface area contributed by atoms with Crippen LogP contribution in [0.1, 0.15) is 10.4 Å². The molecule has 0 aliphatic heterocycles. The maximum atomic E-state index is 11.3. The molecule has 0 radical (unpaired) electrons. The van der Waals surface area contributed by atoms with E-state index in [4.69, 9.17) is 11.6 Å². The van der Waals surface area contributed by atoms with Gasteiger partial charge in [-0.05, 0) is 12.1 Å². The van der Waals surface area contributed by atoms with Gasteiger partial charge >= 0.3 is 0 Å². The van der Waals surface area contributed by atoms with E-state index in [0.29, 0.717) is 11.8 Å². The number of nitrogens with one attached hydrogen (secondary N) is 1. The van der Waals surface area contributed by atoms with Gasteiger partial charge in [0, 0.05) is 0 Å². The predicted molar refractivity (Wildman–Crippen MR) is 56.6 cm³/mol. The number of aldehydes is 1. The zero-order valence-electron chi connectivity index (χ0n) is 7.45. The van der Waals surface area contributed by atoms with Crippen LogP contribution in [-0.4, -0.2) is 16.4 Å². The lowest BCUT2D eigenvalue weighted by atomic mass is 10.1. The number of fused-ring (bicyclic) bond motifs is 1. The number of H-pyrrole nitrogens is 1. The molecule has 1 aromatic heterocycles. The number of aromatic hydroxyl groups is 1. The second-order valence-electron chi connectivity index (χ2n) is 3.00. The maximum Gasteiger partial charge on any atom is 0.262 e. The Morgan fingerprint density at radius 3 is 2.80 bits per heavy atom. The standard InChI is InChI=1S/C10H6ClNO3/c11-6-2-1-3-7-8(6)9(14)5(4-13)10(15)12-7/h1-4H,(H2,12,14,15). The van der Waals surface area contributed by atoms with Crippen molar-refractivity contribution in [2.24, 2.45) is 0 Å². The number of carbonyl (C=O) groups is 1. The molecule has 0 aliphatic rings. The average molecular weight is 224 g/mol. The Morgan fingerprint density at radius 2 is 2.13 bits per heavy atom. The van der Waals surface area contributed by atoms with Crippen molar-refractivity contribution in [3.05, 3.63) is 39.1 Å². The molecule has 15 heavy (non-hydrogen) atoms. The van der Waals surface area contributed by atoms with Gasteiger partial charge in [0.25, 0.3) is 5.56 Å². The molecule has 1 aromatic carbocycles. The molecule has 2 N–H and O–H groups in total. The minimum Gasteiger partial charge on any atom is -0.506 e. The first-order valence-electron chi connectivity index (χ1n) is 4.14. The molecule has 1 heterocycles. The van der Waals surface area contributed by atoms with Gasteiger partial charge in [-0.2, -0.15) is 0 Å². The molecule has 0 unspecified atom stereocenters. The van der Waals surface area contributed by atoms with Gasteiger partial charge in [0.15, 0.2) is 6.29 Å². The largest absolute Gasteiger partial charge is 0.506 e. The van der Waals surface area contributed by atoms with Crippen molar-refractivity contribution < 1.29 is 9.90 Å². The van der Waals surface area contributed by atoms with Crippen molar-refractivity contribution in [2.45, 2.75) is 0 Å². The molecule has 0 aliphatic carbocycles. The van der Waals surface area contributed by atoms with Gasteiger partial charge in [0.2, 0.25) is 0 Å². The normalized spacial score (nSPS) is 10.5. The summed E-state index contributed by atoms with van der Waals surface area (Å²) in [6, 6.07) is 4.80. The summed E-state index contributed by atoms with van der Waals surface area (Å²) in [5, 5.41) is 10.2. The number of hydrogen-bond acceptors (Lipinski definition) is 3. The summed E-state index contributed by atoms with van der Waals surface area (Å²) in [5.74, 6) is -0.380. The molecule has 5 heteroatoms. The van der Waals surface area contributed by atoms with E-state index in [9.17, 15) is 14.7 Å². The van der Waals surface area contributed by atoms with Crippen LogP contribution in [0.2, 0.25) is 5.02 Å². The fraction of sp³-hybridized carbons (Fsp3) is 0. The number of pyridine rings is 1. The number of benzene rings is 1. The lowest BCUT2D eigenvalue weighted by molar-refractivity contribution is 0.112. The van der Waals surface area contributed by atoms with E-state index in [1.165, 1.54) is 0 Å². The van der Waals surface area contributed by atoms with Gasteiger partial charge < -0.3 is 10.1 Å². The van der Waals surface area contributed by atoms with Gasteiger partial charge in [-0.25, -0.2) is 0 Å². The Kier molecular flexibility index (Phi) is 2.21. The third-order valence-electron chi connectivity index (χ3n) is 2.12. The van der Waals surface area contributed by atoms with Crippen molar-refractivity contribution in [1.29, 1.82) is 0 Å². The monoisotopic (exact) mass is 223 g/mol. The van der Waals surface area contributed by atoms with Crippen molar-refractivity contribution >= 4 is 28.8 Å². The molecular weight excluding hydrogens is 218 g/mol. The summed E-state index contributed by atoms with van der Waals surface area (Å²) in [5.41, 5.74) is -0.538. The number of aromatic nitrogens is 1. The van der Waals surface area contributed by atoms with Gasteiger partial charge in [-0.15, -0.1) is 0 Å². The zero-order chi connectivity index (χ0) is 11.0. The zero-order valence-corrected chi connectivity index (χ0v) is 8.21. The van der Waals surface area contributed by atoms with Gasteiger partial charge in [0.05, 0.1) is 15.9 Å². The van der Waals surface area contributed by atoms with Crippen molar-refractivity contribution in [2.75, 3.05) is 0 Å².